The van der Waals surface area contributed by atoms with Crippen molar-refractivity contribution in [3.05, 3.63) is 65.7 Å². The summed E-state index contributed by atoms with van der Waals surface area (Å²) < 4.78 is 5.47. The van der Waals surface area contributed by atoms with Gasteiger partial charge in [-0.05, 0) is 24.5 Å². The minimum Gasteiger partial charge on any atom is -0.496 e. The van der Waals surface area contributed by atoms with Gasteiger partial charge in [0.2, 0.25) is 0 Å². The van der Waals surface area contributed by atoms with Crippen LogP contribution in [0.5, 0.6) is 5.75 Å². The summed E-state index contributed by atoms with van der Waals surface area (Å²) in [4.78, 5) is 0. The van der Waals surface area contributed by atoms with E-state index in [9.17, 15) is 0 Å². The highest BCUT2D eigenvalue weighted by atomic mass is 16.5. The molecular weight excluding hydrogens is 258 g/mol. The summed E-state index contributed by atoms with van der Waals surface area (Å²) in [6.07, 6.45) is 0. The van der Waals surface area contributed by atoms with Gasteiger partial charge in [-0.3, -0.25) is 0 Å². The third-order valence-electron chi connectivity index (χ3n) is 3.86. The highest BCUT2D eigenvalue weighted by Gasteiger charge is 2.20. The second-order valence-electron chi connectivity index (χ2n) is 5.76. The largest absolute Gasteiger partial charge is 0.496 e. The van der Waals surface area contributed by atoms with E-state index in [1.54, 1.807) is 7.11 Å². The Labute approximate surface area is 128 Å². The zero-order chi connectivity index (χ0) is 15.2. The second kappa shape index (κ2) is 7.28. The van der Waals surface area contributed by atoms with Gasteiger partial charge in [0.25, 0.3) is 0 Å². The van der Waals surface area contributed by atoms with Crippen LogP contribution in [0.1, 0.15) is 44.0 Å². The first-order valence-electron chi connectivity index (χ1n) is 7.57. The molecule has 1 N–H and O–H groups in total. The Morgan fingerprint density at radius 2 is 1.48 bits per heavy atom. The SMILES string of the molecule is COc1ccccc1C(C)NC(c1ccccc1)C(C)C. The van der Waals surface area contributed by atoms with Gasteiger partial charge >= 0.3 is 0 Å². The first kappa shape index (κ1) is 15.6. The number of rotatable bonds is 6. The Morgan fingerprint density at radius 1 is 0.857 bits per heavy atom. The van der Waals surface area contributed by atoms with Gasteiger partial charge in [-0.2, -0.15) is 0 Å². The fraction of sp³-hybridized carbons (Fsp3) is 0.368. The maximum atomic E-state index is 5.47. The molecule has 21 heavy (non-hydrogen) atoms. The average Bonchev–Trinajstić information content (AvgIpc) is 2.52. The molecule has 2 heteroatoms. The maximum Gasteiger partial charge on any atom is 0.123 e. The van der Waals surface area contributed by atoms with Crippen LogP contribution >= 0.6 is 0 Å². The number of ether oxygens (including phenoxy) is 1. The molecule has 0 radical (unpaired) electrons. The van der Waals surface area contributed by atoms with Crippen LogP contribution in [0.25, 0.3) is 0 Å². The second-order valence-corrected chi connectivity index (χ2v) is 5.76. The predicted molar refractivity (Wildman–Crippen MR) is 88.6 cm³/mol. The quantitative estimate of drug-likeness (QED) is 0.826. The first-order chi connectivity index (χ1) is 10.1. The zero-order valence-electron chi connectivity index (χ0n) is 13.3. The molecule has 2 aromatic rings. The molecule has 0 saturated carbocycles. The normalized spacial score (nSPS) is 14.0. The van der Waals surface area contributed by atoms with Gasteiger partial charge in [-0.1, -0.05) is 62.4 Å². The van der Waals surface area contributed by atoms with E-state index in [1.165, 1.54) is 11.1 Å². The van der Waals surface area contributed by atoms with Crippen LogP contribution in [0.4, 0.5) is 0 Å². The number of benzene rings is 2. The van der Waals surface area contributed by atoms with Crippen molar-refractivity contribution in [1.29, 1.82) is 0 Å². The lowest BCUT2D eigenvalue weighted by molar-refractivity contribution is 0.359. The minimum atomic E-state index is 0.230. The van der Waals surface area contributed by atoms with Crippen molar-refractivity contribution >= 4 is 0 Å². The Balaban J connectivity index is 2.21. The molecule has 2 aromatic carbocycles. The van der Waals surface area contributed by atoms with Crippen molar-refractivity contribution in [3.8, 4) is 5.75 Å². The minimum absolute atomic E-state index is 0.230. The van der Waals surface area contributed by atoms with Crippen molar-refractivity contribution in [2.24, 2.45) is 5.92 Å². The Morgan fingerprint density at radius 3 is 2.10 bits per heavy atom. The molecule has 2 rings (SSSR count). The summed E-state index contributed by atoms with van der Waals surface area (Å²) in [5.41, 5.74) is 2.52. The van der Waals surface area contributed by atoms with E-state index in [1.807, 2.05) is 12.1 Å². The lowest BCUT2D eigenvalue weighted by Gasteiger charge is -2.28. The molecule has 2 unspecified atom stereocenters. The third kappa shape index (κ3) is 3.85. The molecule has 112 valence electrons. The van der Waals surface area contributed by atoms with Crippen LogP contribution in [0.2, 0.25) is 0 Å². The maximum absolute atomic E-state index is 5.47. The number of hydrogen-bond acceptors (Lipinski definition) is 2. The fourth-order valence-electron chi connectivity index (χ4n) is 2.72. The van der Waals surface area contributed by atoms with E-state index < -0.39 is 0 Å². The summed E-state index contributed by atoms with van der Waals surface area (Å²) in [6, 6.07) is 19.4. The standard InChI is InChI=1S/C19H25NO/c1-14(2)19(16-10-6-5-7-11-16)20-15(3)17-12-8-9-13-18(17)21-4/h5-15,19-20H,1-4H3. The molecule has 0 amide bonds. The molecule has 2 atom stereocenters. The number of methoxy groups -OCH3 is 1. The van der Waals surface area contributed by atoms with E-state index in [0.717, 1.165) is 5.75 Å². The number of para-hydroxylation sites is 1. The third-order valence-corrected chi connectivity index (χ3v) is 3.86. The summed E-state index contributed by atoms with van der Waals surface area (Å²) in [7, 11) is 1.72. The summed E-state index contributed by atoms with van der Waals surface area (Å²) in [5, 5.41) is 3.74. The molecule has 0 spiro atoms. The predicted octanol–water partition coefficient (Wildman–Crippen LogP) is 4.74. The van der Waals surface area contributed by atoms with Crippen LogP contribution in [0, 0.1) is 5.92 Å². The van der Waals surface area contributed by atoms with Gasteiger partial charge in [-0.15, -0.1) is 0 Å². The molecule has 0 aromatic heterocycles. The smallest absolute Gasteiger partial charge is 0.123 e. The molecule has 0 aliphatic heterocycles. The van der Waals surface area contributed by atoms with E-state index in [2.05, 4.69) is 68.6 Å². The van der Waals surface area contributed by atoms with Crippen LogP contribution in [0.15, 0.2) is 54.6 Å². The van der Waals surface area contributed by atoms with Crippen LogP contribution in [-0.2, 0) is 0 Å². The highest BCUT2D eigenvalue weighted by molar-refractivity contribution is 5.35. The summed E-state index contributed by atoms with van der Waals surface area (Å²) in [6.45, 7) is 6.69. The zero-order valence-corrected chi connectivity index (χ0v) is 13.3. The van der Waals surface area contributed by atoms with Crippen molar-refractivity contribution in [2.75, 3.05) is 7.11 Å². The van der Waals surface area contributed by atoms with Crippen LogP contribution < -0.4 is 10.1 Å². The van der Waals surface area contributed by atoms with E-state index in [0.29, 0.717) is 12.0 Å². The molecule has 0 heterocycles. The van der Waals surface area contributed by atoms with Crippen LogP contribution in [0.3, 0.4) is 0 Å². The molecule has 0 aliphatic rings. The molecule has 0 bridgehead atoms. The monoisotopic (exact) mass is 283 g/mol. The lowest BCUT2D eigenvalue weighted by Crippen LogP contribution is -2.28. The van der Waals surface area contributed by atoms with Gasteiger partial charge in [-0.25, -0.2) is 0 Å². The van der Waals surface area contributed by atoms with Gasteiger partial charge in [0, 0.05) is 17.6 Å². The first-order valence-corrected chi connectivity index (χ1v) is 7.57. The van der Waals surface area contributed by atoms with E-state index in [4.69, 9.17) is 4.74 Å². The van der Waals surface area contributed by atoms with Crippen molar-refractivity contribution in [3.63, 3.8) is 0 Å². The molecule has 0 fully saturated rings. The van der Waals surface area contributed by atoms with Crippen molar-refractivity contribution in [2.45, 2.75) is 32.9 Å². The topological polar surface area (TPSA) is 21.3 Å². The summed E-state index contributed by atoms with van der Waals surface area (Å²) >= 11 is 0. The number of nitrogens with one attached hydrogen (secondary N) is 1. The number of hydrogen-bond donors (Lipinski definition) is 1. The van der Waals surface area contributed by atoms with Crippen LogP contribution in [-0.4, -0.2) is 7.11 Å². The van der Waals surface area contributed by atoms with E-state index >= 15 is 0 Å². The van der Waals surface area contributed by atoms with Gasteiger partial charge in [0.15, 0.2) is 0 Å². The lowest BCUT2D eigenvalue weighted by atomic mass is 9.94. The molecule has 2 nitrogen and oxygen atoms in total. The molecular formula is C19H25NO. The highest BCUT2D eigenvalue weighted by Crippen LogP contribution is 2.29. The van der Waals surface area contributed by atoms with Gasteiger partial charge in [0.05, 0.1) is 7.11 Å². The van der Waals surface area contributed by atoms with Crippen molar-refractivity contribution < 1.29 is 4.74 Å². The van der Waals surface area contributed by atoms with E-state index in [-0.39, 0.29) is 6.04 Å². The Hall–Kier alpha value is -1.80. The molecule has 0 aliphatic carbocycles. The molecule has 0 saturated heterocycles. The average molecular weight is 283 g/mol. The Bertz CT molecular complexity index is 551. The summed E-state index contributed by atoms with van der Waals surface area (Å²) in [5.74, 6) is 1.46. The van der Waals surface area contributed by atoms with Crippen molar-refractivity contribution in [1.82, 2.24) is 5.32 Å². The van der Waals surface area contributed by atoms with Gasteiger partial charge < -0.3 is 10.1 Å². The fourth-order valence-corrected chi connectivity index (χ4v) is 2.72. The van der Waals surface area contributed by atoms with Gasteiger partial charge in [0.1, 0.15) is 5.75 Å². The Kier molecular flexibility index (Phi) is 5.40.